The number of rotatable bonds is 8. The minimum absolute atomic E-state index is 0.178. The Kier molecular flexibility index (Phi) is 13.9. The summed E-state index contributed by atoms with van der Waals surface area (Å²) in [5.41, 5.74) is 3.93. The van der Waals surface area contributed by atoms with Gasteiger partial charge in [0.1, 0.15) is 0 Å². The fourth-order valence-electron chi connectivity index (χ4n) is 6.45. The van der Waals surface area contributed by atoms with E-state index in [1.807, 2.05) is 41.8 Å². The Morgan fingerprint density at radius 2 is 1.12 bits per heavy atom. The smallest absolute Gasteiger partial charge is 0.409 e. The number of carbonyl (C=O) groups excluding carboxylic acids is 2. The normalized spacial score (nSPS) is 15.8. The van der Waals surface area contributed by atoms with Crippen molar-refractivity contribution in [3.05, 3.63) is 119 Å². The first kappa shape index (κ1) is 38.3. The molecule has 0 aliphatic carbocycles. The quantitative estimate of drug-likeness (QED) is 0.194. The van der Waals surface area contributed by atoms with Crippen molar-refractivity contribution in [3.8, 4) is 0 Å². The van der Waals surface area contributed by atoms with Crippen LogP contribution in [0.25, 0.3) is 0 Å². The Labute approximate surface area is 311 Å². The van der Waals surface area contributed by atoms with Gasteiger partial charge in [-0.1, -0.05) is 95.3 Å². The summed E-state index contributed by atoms with van der Waals surface area (Å²) in [5.74, 6) is 0.500. The third-order valence-electron chi connectivity index (χ3n) is 9.38. The topological polar surface area (TPSA) is 79.3 Å². The molecule has 270 valence electrons. The lowest BCUT2D eigenvalue weighted by Crippen LogP contribution is -2.45. The largest absolute Gasteiger partial charge is 0.450 e. The monoisotopic (exact) mass is 726 g/mol. The van der Waals surface area contributed by atoms with Crippen molar-refractivity contribution in [2.45, 2.75) is 84.5 Å². The minimum Gasteiger partial charge on any atom is -0.450 e. The molecule has 0 atom stereocenters. The van der Waals surface area contributed by atoms with Crippen LogP contribution in [0.3, 0.4) is 0 Å². The lowest BCUT2D eigenvalue weighted by molar-refractivity contribution is -0.0263. The Balaban J connectivity index is 0.000000198. The summed E-state index contributed by atoms with van der Waals surface area (Å²) < 4.78 is 10.2. The average Bonchev–Trinajstić information content (AvgIpc) is 3.15. The van der Waals surface area contributed by atoms with E-state index < -0.39 is 5.60 Å². The summed E-state index contributed by atoms with van der Waals surface area (Å²) in [4.78, 5) is 32.1. The van der Waals surface area contributed by atoms with Crippen molar-refractivity contribution in [2.24, 2.45) is 0 Å². The molecule has 4 aromatic rings. The van der Waals surface area contributed by atoms with Gasteiger partial charge >= 0.3 is 12.2 Å². The molecule has 0 spiro atoms. The molecule has 51 heavy (non-hydrogen) atoms. The molecule has 2 amide bonds. The molecule has 2 saturated heterocycles. The van der Waals surface area contributed by atoms with E-state index >= 15 is 0 Å². The van der Waals surface area contributed by atoms with Crippen LogP contribution in [-0.2, 0) is 15.1 Å². The lowest BCUT2D eigenvalue weighted by Gasteiger charge is -2.38. The second kappa shape index (κ2) is 18.5. The number of hydrogen-bond donors (Lipinski definition) is 1. The number of nitrogens with zero attached hydrogens (tertiary/aromatic N) is 2. The van der Waals surface area contributed by atoms with Gasteiger partial charge in [-0.15, -0.1) is 0 Å². The average molecular weight is 727 g/mol. The molecule has 4 aromatic carbocycles. The molecule has 7 nitrogen and oxygen atoms in total. The Bertz CT molecular complexity index is 1710. The van der Waals surface area contributed by atoms with E-state index in [4.69, 9.17) is 9.47 Å². The van der Waals surface area contributed by atoms with Gasteiger partial charge in [0, 0.05) is 45.8 Å². The lowest BCUT2D eigenvalue weighted by atomic mass is 9.84. The number of piperidine rings is 2. The van der Waals surface area contributed by atoms with Gasteiger partial charge in [0.2, 0.25) is 0 Å². The van der Waals surface area contributed by atoms with E-state index in [1.54, 1.807) is 23.6 Å². The highest BCUT2D eigenvalue weighted by Crippen LogP contribution is 2.41. The van der Waals surface area contributed by atoms with Crippen LogP contribution in [0.1, 0.15) is 67.7 Å². The van der Waals surface area contributed by atoms with Crippen LogP contribution >= 0.6 is 23.5 Å². The number of aliphatic hydroxyl groups is 1. The summed E-state index contributed by atoms with van der Waals surface area (Å²) in [6, 6.07) is 33.7. The van der Waals surface area contributed by atoms with Crippen LogP contribution < -0.4 is 0 Å². The van der Waals surface area contributed by atoms with Gasteiger partial charge in [-0.3, -0.25) is 0 Å². The molecule has 1 N–H and O–H groups in total. The van der Waals surface area contributed by atoms with Crippen molar-refractivity contribution in [1.82, 2.24) is 9.80 Å². The molecule has 0 saturated carbocycles. The maximum absolute atomic E-state index is 11.9. The molecule has 0 unspecified atom stereocenters. The molecule has 2 aliphatic rings. The SMILES string of the molecule is CCOC(=O)N1CCC(O)(c2ccccc2Sc2ccc(C)cc2)CC1.CCOC(=O)N1CCC(c2ccccc2Sc2ccc(C)cc2)CC1. The van der Waals surface area contributed by atoms with Gasteiger partial charge < -0.3 is 24.4 Å². The molecule has 0 bridgehead atoms. The van der Waals surface area contributed by atoms with E-state index in [0.717, 1.165) is 41.3 Å². The van der Waals surface area contributed by atoms with Crippen molar-refractivity contribution in [2.75, 3.05) is 39.4 Å². The standard InChI is InChI=1S/C21H25NO3S.C21H25NO2S/c1-3-25-20(23)22-14-12-21(24,13-15-22)18-6-4-5-7-19(18)26-17-10-8-16(2)9-11-17;1-3-24-21(23)22-14-12-17(13-15-22)19-6-4-5-7-20(19)25-18-10-8-16(2)9-11-18/h4-11,24H,3,12-15H2,1-2H3;4-11,17H,3,12-15H2,1-2H3. The highest BCUT2D eigenvalue weighted by atomic mass is 32.2. The number of likely N-dealkylation sites (tertiary alicyclic amines) is 2. The zero-order valence-electron chi connectivity index (χ0n) is 30.2. The summed E-state index contributed by atoms with van der Waals surface area (Å²) in [6.45, 7) is 11.2. The number of ether oxygens (including phenoxy) is 2. The van der Waals surface area contributed by atoms with Crippen molar-refractivity contribution in [3.63, 3.8) is 0 Å². The van der Waals surface area contributed by atoms with Crippen molar-refractivity contribution < 1.29 is 24.2 Å². The molecule has 0 radical (unpaired) electrons. The van der Waals surface area contributed by atoms with E-state index in [2.05, 4.69) is 92.7 Å². The fourth-order valence-corrected chi connectivity index (χ4v) is 8.51. The van der Waals surface area contributed by atoms with E-state index in [1.165, 1.54) is 26.5 Å². The number of benzene rings is 4. The summed E-state index contributed by atoms with van der Waals surface area (Å²) in [5, 5.41) is 11.3. The first-order valence-corrected chi connectivity index (χ1v) is 19.6. The van der Waals surface area contributed by atoms with E-state index in [0.29, 0.717) is 45.1 Å². The Morgan fingerprint density at radius 3 is 1.65 bits per heavy atom. The molecule has 2 heterocycles. The Morgan fingerprint density at radius 1 is 0.667 bits per heavy atom. The molecule has 6 rings (SSSR count). The van der Waals surface area contributed by atoms with Gasteiger partial charge in [-0.2, -0.15) is 0 Å². The molecule has 2 fully saturated rings. The summed E-state index contributed by atoms with van der Waals surface area (Å²) in [7, 11) is 0. The molecule has 0 aromatic heterocycles. The molecule has 2 aliphatic heterocycles. The van der Waals surface area contributed by atoms with Crippen LogP contribution in [0.2, 0.25) is 0 Å². The van der Waals surface area contributed by atoms with Crippen LogP contribution in [0.4, 0.5) is 9.59 Å². The van der Waals surface area contributed by atoms with Gasteiger partial charge in [0.15, 0.2) is 0 Å². The summed E-state index contributed by atoms with van der Waals surface area (Å²) >= 11 is 3.49. The number of amides is 2. The Hall–Kier alpha value is -3.92. The van der Waals surface area contributed by atoms with Gasteiger partial charge in [0.25, 0.3) is 0 Å². The molecule has 9 heteroatoms. The van der Waals surface area contributed by atoms with E-state index in [9.17, 15) is 14.7 Å². The highest BCUT2D eigenvalue weighted by Gasteiger charge is 2.37. The second-order valence-corrected chi connectivity index (χ2v) is 15.3. The van der Waals surface area contributed by atoms with Crippen molar-refractivity contribution >= 4 is 35.7 Å². The fraction of sp³-hybridized carbons (Fsp3) is 0.381. The van der Waals surface area contributed by atoms with Gasteiger partial charge in [0.05, 0.1) is 18.8 Å². The van der Waals surface area contributed by atoms with Crippen LogP contribution in [0.15, 0.2) is 117 Å². The number of aryl methyl sites for hydroxylation is 2. The number of hydrogen-bond acceptors (Lipinski definition) is 7. The number of carbonyl (C=O) groups is 2. The van der Waals surface area contributed by atoms with Crippen molar-refractivity contribution in [1.29, 1.82) is 0 Å². The second-order valence-electron chi connectivity index (χ2n) is 13.0. The maximum Gasteiger partial charge on any atom is 0.409 e. The minimum atomic E-state index is -0.919. The predicted molar refractivity (Wildman–Crippen MR) is 206 cm³/mol. The predicted octanol–water partition coefficient (Wildman–Crippen LogP) is 10.1. The molecular formula is C42H50N2O5S2. The van der Waals surface area contributed by atoms with Crippen LogP contribution in [0.5, 0.6) is 0 Å². The third kappa shape index (κ3) is 10.6. The highest BCUT2D eigenvalue weighted by molar-refractivity contribution is 7.99. The van der Waals surface area contributed by atoms with Crippen LogP contribution in [-0.4, -0.2) is 66.5 Å². The zero-order valence-corrected chi connectivity index (χ0v) is 31.8. The van der Waals surface area contributed by atoms with Gasteiger partial charge in [-0.05, 0) is 107 Å². The summed E-state index contributed by atoms with van der Waals surface area (Å²) in [6.07, 6.45) is 2.53. The first-order valence-electron chi connectivity index (χ1n) is 17.9. The van der Waals surface area contributed by atoms with E-state index in [-0.39, 0.29) is 12.2 Å². The first-order chi connectivity index (χ1) is 24.7. The van der Waals surface area contributed by atoms with Gasteiger partial charge in [-0.25, -0.2) is 9.59 Å². The molecular weight excluding hydrogens is 677 g/mol. The van der Waals surface area contributed by atoms with Crippen LogP contribution in [0, 0.1) is 13.8 Å². The third-order valence-corrected chi connectivity index (χ3v) is 11.6. The maximum atomic E-state index is 11.9. The zero-order chi connectivity index (χ0) is 36.2.